The summed E-state index contributed by atoms with van der Waals surface area (Å²) in [5, 5.41) is 9.55. The summed E-state index contributed by atoms with van der Waals surface area (Å²) in [6.45, 7) is 3.56. The molecule has 0 aliphatic carbocycles. The summed E-state index contributed by atoms with van der Waals surface area (Å²) >= 11 is 0. The molecule has 0 aliphatic heterocycles. The Balaban J connectivity index is 2.80. The Morgan fingerprint density at radius 3 is 2.80 bits per heavy atom. The van der Waals surface area contributed by atoms with Gasteiger partial charge in [0.2, 0.25) is 0 Å². The Bertz CT molecular complexity index is 546. The van der Waals surface area contributed by atoms with E-state index in [1.54, 1.807) is 32.2 Å². The lowest BCUT2D eigenvalue weighted by Gasteiger charge is -2.14. The molecular formula is C12H11FN2. The van der Waals surface area contributed by atoms with Crippen molar-refractivity contribution in [3.05, 3.63) is 35.8 Å². The minimum Gasteiger partial charge on any atom is -0.361 e. The number of H-pyrrole nitrogens is 1. The van der Waals surface area contributed by atoms with Crippen LogP contribution in [-0.2, 0) is 5.41 Å². The first-order valence-electron chi connectivity index (χ1n) is 4.73. The Morgan fingerprint density at radius 1 is 1.40 bits per heavy atom. The van der Waals surface area contributed by atoms with Crippen LogP contribution < -0.4 is 0 Å². The molecule has 0 radical (unpaired) electrons. The summed E-state index contributed by atoms with van der Waals surface area (Å²) < 4.78 is 13.6. The number of nitrogens with zero attached hydrogens (tertiary/aromatic N) is 1. The van der Waals surface area contributed by atoms with Gasteiger partial charge >= 0.3 is 0 Å². The molecule has 0 spiro atoms. The van der Waals surface area contributed by atoms with Crippen molar-refractivity contribution in [2.75, 3.05) is 0 Å². The highest BCUT2D eigenvalue weighted by Crippen LogP contribution is 2.31. The number of fused-ring (bicyclic) bond motifs is 1. The van der Waals surface area contributed by atoms with Crippen molar-refractivity contribution in [2.24, 2.45) is 0 Å². The van der Waals surface area contributed by atoms with E-state index in [1.807, 2.05) is 0 Å². The van der Waals surface area contributed by atoms with Crippen molar-refractivity contribution >= 4 is 10.9 Å². The second-order valence-corrected chi connectivity index (χ2v) is 4.10. The lowest BCUT2D eigenvalue weighted by atomic mass is 9.86. The van der Waals surface area contributed by atoms with Gasteiger partial charge in [-0.3, -0.25) is 0 Å². The molecule has 0 bridgehead atoms. The van der Waals surface area contributed by atoms with Gasteiger partial charge in [-0.15, -0.1) is 0 Å². The zero-order chi connectivity index (χ0) is 11.1. The molecule has 1 aromatic carbocycles. The number of aromatic nitrogens is 1. The van der Waals surface area contributed by atoms with Gasteiger partial charge < -0.3 is 4.98 Å². The molecule has 0 atom stereocenters. The molecule has 2 nitrogen and oxygen atoms in total. The van der Waals surface area contributed by atoms with Gasteiger partial charge in [0.15, 0.2) is 0 Å². The summed E-state index contributed by atoms with van der Waals surface area (Å²) in [4.78, 5) is 2.98. The lowest BCUT2D eigenvalue weighted by molar-refractivity contribution is 0.632. The average molecular weight is 202 g/mol. The van der Waals surface area contributed by atoms with Crippen molar-refractivity contribution in [3.8, 4) is 6.07 Å². The number of benzene rings is 1. The normalized spacial score (nSPS) is 11.6. The van der Waals surface area contributed by atoms with Gasteiger partial charge in [0.25, 0.3) is 0 Å². The van der Waals surface area contributed by atoms with Gasteiger partial charge in [0.05, 0.1) is 11.5 Å². The van der Waals surface area contributed by atoms with Crippen molar-refractivity contribution in [1.82, 2.24) is 4.98 Å². The third-order valence-electron chi connectivity index (χ3n) is 2.61. The van der Waals surface area contributed by atoms with E-state index in [-0.39, 0.29) is 5.82 Å². The van der Waals surface area contributed by atoms with E-state index >= 15 is 0 Å². The number of rotatable bonds is 1. The van der Waals surface area contributed by atoms with Crippen LogP contribution >= 0.6 is 0 Å². The first-order chi connectivity index (χ1) is 7.06. The highest BCUT2D eigenvalue weighted by Gasteiger charge is 2.24. The third-order valence-corrected chi connectivity index (χ3v) is 2.61. The molecule has 0 fully saturated rings. The highest BCUT2D eigenvalue weighted by molar-refractivity contribution is 5.85. The molecule has 15 heavy (non-hydrogen) atoms. The van der Waals surface area contributed by atoms with Crippen molar-refractivity contribution in [2.45, 2.75) is 19.3 Å². The maximum absolute atomic E-state index is 13.6. The molecule has 0 saturated carbocycles. The molecule has 1 N–H and O–H groups in total. The van der Waals surface area contributed by atoms with Crippen LogP contribution in [0, 0.1) is 17.1 Å². The molecule has 1 heterocycles. The Labute approximate surface area is 87.3 Å². The van der Waals surface area contributed by atoms with Crippen LogP contribution in [0.5, 0.6) is 0 Å². The third kappa shape index (κ3) is 1.39. The van der Waals surface area contributed by atoms with Gasteiger partial charge in [-0.05, 0) is 26.0 Å². The standard InChI is InChI=1S/C12H11FN2/c1-12(2,7-14)8-6-15-10-5-3-4-9(13)11(8)10/h3-6,15H,1-2H3. The fourth-order valence-electron chi connectivity index (χ4n) is 1.69. The smallest absolute Gasteiger partial charge is 0.132 e. The summed E-state index contributed by atoms with van der Waals surface area (Å²) in [5.41, 5.74) is 0.756. The van der Waals surface area contributed by atoms with Crippen LogP contribution in [0.3, 0.4) is 0 Å². The number of halogens is 1. The maximum atomic E-state index is 13.6. The topological polar surface area (TPSA) is 39.6 Å². The van der Waals surface area contributed by atoms with Gasteiger partial charge in [0.1, 0.15) is 5.82 Å². The van der Waals surface area contributed by atoms with E-state index in [2.05, 4.69) is 11.1 Å². The second kappa shape index (κ2) is 3.09. The summed E-state index contributed by atoms with van der Waals surface area (Å²) in [6, 6.07) is 7.04. The number of hydrogen-bond acceptors (Lipinski definition) is 1. The van der Waals surface area contributed by atoms with Gasteiger partial charge in [-0.2, -0.15) is 5.26 Å². The van der Waals surface area contributed by atoms with Crippen molar-refractivity contribution < 1.29 is 4.39 Å². The minimum atomic E-state index is -0.680. The molecule has 3 heteroatoms. The number of hydrogen-bond donors (Lipinski definition) is 1. The van der Waals surface area contributed by atoms with Crippen LogP contribution in [0.2, 0.25) is 0 Å². The highest BCUT2D eigenvalue weighted by atomic mass is 19.1. The Morgan fingerprint density at radius 2 is 2.13 bits per heavy atom. The maximum Gasteiger partial charge on any atom is 0.132 e. The van der Waals surface area contributed by atoms with Crippen molar-refractivity contribution in [1.29, 1.82) is 5.26 Å². The van der Waals surface area contributed by atoms with Crippen LogP contribution in [-0.4, -0.2) is 4.98 Å². The minimum absolute atomic E-state index is 0.285. The molecule has 76 valence electrons. The molecule has 2 aromatic rings. The van der Waals surface area contributed by atoms with Gasteiger partial charge in [-0.25, -0.2) is 4.39 Å². The van der Waals surface area contributed by atoms with Crippen molar-refractivity contribution in [3.63, 3.8) is 0 Å². The molecular weight excluding hydrogens is 191 g/mol. The summed E-state index contributed by atoms with van der Waals surface area (Å²) in [7, 11) is 0. The number of aromatic amines is 1. The van der Waals surface area contributed by atoms with E-state index < -0.39 is 5.41 Å². The number of nitriles is 1. The first-order valence-corrected chi connectivity index (χ1v) is 4.73. The molecule has 1 aromatic heterocycles. The predicted molar refractivity (Wildman–Crippen MR) is 56.9 cm³/mol. The first kappa shape index (κ1) is 9.72. The Kier molecular flexibility index (Phi) is 2.01. The average Bonchev–Trinajstić information content (AvgIpc) is 2.63. The molecule has 0 aliphatic rings. The summed E-state index contributed by atoms with van der Waals surface area (Å²) in [5.74, 6) is -0.285. The number of nitrogens with one attached hydrogen (secondary N) is 1. The summed E-state index contributed by atoms with van der Waals surface area (Å²) in [6.07, 6.45) is 1.71. The van der Waals surface area contributed by atoms with Crippen LogP contribution in [0.15, 0.2) is 24.4 Å². The quantitative estimate of drug-likeness (QED) is 0.758. The predicted octanol–water partition coefficient (Wildman–Crippen LogP) is 3.11. The van der Waals surface area contributed by atoms with E-state index in [0.717, 1.165) is 5.52 Å². The molecule has 0 saturated heterocycles. The fourth-order valence-corrected chi connectivity index (χ4v) is 1.69. The van der Waals surface area contributed by atoms with Crippen LogP contribution in [0.1, 0.15) is 19.4 Å². The fraction of sp³-hybridized carbons (Fsp3) is 0.250. The molecule has 0 amide bonds. The van der Waals surface area contributed by atoms with Crippen LogP contribution in [0.25, 0.3) is 10.9 Å². The van der Waals surface area contributed by atoms with E-state index in [9.17, 15) is 4.39 Å². The van der Waals surface area contributed by atoms with E-state index in [0.29, 0.717) is 10.9 Å². The van der Waals surface area contributed by atoms with Gasteiger partial charge in [-0.1, -0.05) is 6.07 Å². The SMILES string of the molecule is CC(C)(C#N)c1c[nH]c2cccc(F)c12. The molecule has 2 rings (SSSR count). The van der Waals surface area contributed by atoms with Crippen LogP contribution in [0.4, 0.5) is 4.39 Å². The van der Waals surface area contributed by atoms with E-state index in [4.69, 9.17) is 5.26 Å². The molecule has 0 unspecified atom stereocenters. The zero-order valence-electron chi connectivity index (χ0n) is 8.63. The van der Waals surface area contributed by atoms with Gasteiger partial charge in [0, 0.05) is 22.7 Å². The zero-order valence-corrected chi connectivity index (χ0v) is 8.63. The lowest BCUT2D eigenvalue weighted by Crippen LogP contribution is -2.13. The largest absolute Gasteiger partial charge is 0.361 e. The monoisotopic (exact) mass is 202 g/mol. The second-order valence-electron chi connectivity index (χ2n) is 4.10. The van der Waals surface area contributed by atoms with E-state index in [1.165, 1.54) is 6.07 Å². The Hall–Kier alpha value is -1.82.